The summed E-state index contributed by atoms with van der Waals surface area (Å²) in [7, 11) is 0. The average Bonchev–Trinajstić information content (AvgIpc) is 2.61. The van der Waals surface area contributed by atoms with Gasteiger partial charge in [-0.05, 0) is 6.42 Å². The van der Waals surface area contributed by atoms with E-state index in [-0.39, 0.29) is 24.9 Å². The van der Waals surface area contributed by atoms with Gasteiger partial charge in [0.1, 0.15) is 12.1 Å². The van der Waals surface area contributed by atoms with Crippen LogP contribution in [0.3, 0.4) is 0 Å². The molecule has 0 spiro atoms. The molecule has 5 N–H and O–H groups in total. The van der Waals surface area contributed by atoms with Crippen molar-refractivity contribution in [2.75, 3.05) is 13.2 Å². The van der Waals surface area contributed by atoms with Crippen molar-refractivity contribution >= 4 is 18.3 Å². The summed E-state index contributed by atoms with van der Waals surface area (Å²) < 4.78 is 0. The number of aliphatic hydroxyl groups is 3. The van der Waals surface area contributed by atoms with Crippen LogP contribution in [0.4, 0.5) is 0 Å². The minimum Gasteiger partial charge on any atom is -0.395 e. The van der Waals surface area contributed by atoms with Crippen molar-refractivity contribution < 1.29 is 20.1 Å². The van der Waals surface area contributed by atoms with Crippen molar-refractivity contribution in [1.29, 1.82) is 0 Å². The predicted molar refractivity (Wildman–Crippen MR) is 69.6 cm³/mol. The molecule has 0 aliphatic carbocycles. The second-order valence-corrected chi connectivity index (χ2v) is 4.41. The zero-order valence-corrected chi connectivity index (χ0v) is 11.3. The van der Waals surface area contributed by atoms with Gasteiger partial charge in [0.05, 0.1) is 18.8 Å². The van der Waals surface area contributed by atoms with E-state index >= 15 is 0 Å². The van der Waals surface area contributed by atoms with E-state index in [0.717, 1.165) is 19.3 Å². The molecule has 1 aliphatic heterocycles. The van der Waals surface area contributed by atoms with Crippen LogP contribution in [0, 0.1) is 0 Å². The Labute approximate surface area is 113 Å². The molecule has 0 aromatic carbocycles. The number of carbonyl (C=O) groups excluding carboxylic acids is 1. The number of hydrogen-bond acceptors (Lipinski definition) is 5. The van der Waals surface area contributed by atoms with E-state index in [0.29, 0.717) is 6.54 Å². The first-order valence-corrected chi connectivity index (χ1v) is 6.12. The number of carbonyl (C=O) groups is 1. The molecule has 0 saturated carbocycles. The molecule has 1 heterocycles. The van der Waals surface area contributed by atoms with Gasteiger partial charge in [-0.15, -0.1) is 12.4 Å². The zero-order valence-electron chi connectivity index (χ0n) is 10.5. The SMILES string of the molecule is CCCCCNC(=O)[C@H]1N[C@@H](CO)[C@H](O)[C@H]1O.Cl. The summed E-state index contributed by atoms with van der Waals surface area (Å²) in [4.78, 5) is 11.7. The van der Waals surface area contributed by atoms with Gasteiger partial charge in [-0.3, -0.25) is 10.1 Å². The third kappa shape index (κ3) is 4.37. The quantitative estimate of drug-likeness (QED) is 0.393. The normalized spacial score (nSPS) is 30.9. The number of halogens is 1. The van der Waals surface area contributed by atoms with Gasteiger partial charge in [-0.2, -0.15) is 0 Å². The topological polar surface area (TPSA) is 102 Å². The van der Waals surface area contributed by atoms with Crippen molar-refractivity contribution in [2.24, 2.45) is 0 Å². The van der Waals surface area contributed by atoms with Crippen LogP contribution >= 0.6 is 12.4 Å². The fourth-order valence-electron chi connectivity index (χ4n) is 1.95. The van der Waals surface area contributed by atoms with E-state index in [1.165, 1.54) is 0 Å². The molecule has 4 atom stereocenters. The lowest BCUT2D eigenvalue weighted by molar-refractivity contribution is -0.125. The largest absolute Gasteiger partial charge is 0.395 e. The lowest BCUT2D eigenvalue weighted by atomic mass is 10.1. The van der Waals surface area contributed by atoms with Gasteiger partial charge < -0.3 is 20.6 Å². The zero-order chi connectivity index (χ0) is 12.8. The summed E-state index contributed by atoms with van der Waals surface area (Å²) >= 11 is 0. The van der Waals surface area contributed by atoms with Gasteiger partial charge in [0.2, 0.25) is 5.91 Å². The third-order valence-electron chi connectivity index (χ3n) is 3.06. The molecule has 1 rings (SSSR count). The summed E-state index contributed by atoms with van der Waals surface area (Å²) in [6, 6.07) is -1.49. The molecule has 18 heavy (non-hydrogen) atoms. The molecule has 0 bridgehead atoms. The molecule has 0 aromatic rings. The summed E-state index contributed by atoms with van der Waals surface area (Å²) in [5.41, 5.74) is 0. The molecule has 1 aliphatic rings. The maximum atomic E-state index is 11.7. The lowest BCUT2D eigenvalue weighted by Gasteiger charge is -2.15. The number of hydrogen-bond donors (Lipinski definition) is 5. The predicted octanol–water partition coefficient (Wildman–Crippen LogP) is -1.23. The molecule has 0 aromatic heterocycles. The van der Waals surface area contributed by atoms with Crippen LogP contribution in [0.15, 0.2) is 0 Å². The van der Waals surface area contributed by atoms with Crippen LogP contribution in [0.5, 0.6) is 0 Å². The maximum absolute atomic E-state index is 11.7. The Bertz CT molecular complexity index is 255. The number of unbranched alkanes of at least 4 members (excludes halogenated alkanes) is 2. The fourth-order valence-corrected chi connectivity index (χ4v) is 1.95. The van der Waals surface area contributed by atoms with Crippen LogP contribution < -0.4 is 10.6 Å². The molecular formula is C11H23ClN2O4. The molecule has 7 heteroatoms. The number of amides is 1. The molecular weight excluding hydrogens is 260 g/mol. The summed E-state index contributed by atoms with van der Waals surface area (Å²) in [5.74, 6) is -0.330. The Hall–Kier alpha value is -0.400. The van der Waals surface area contributed by atoms with E-state index in [1.54, 1.807) is 0 Å². The van der Waals surface area contributed by atoms with Crippen molar-refractivity contribution in [3.8, 4) is 0 Å². The molecule has 6 nitrogen and oxygen atoms in total. The highest BCUT2D eigenvalue weighted by molar-refractivity contribution is 5.85. The van der Waals surface area contributed by atoms with Crippen molar-refractivity contribution in [1.82, 2.24) is 10.6 Å². The van der Waals surface area contributed by atoms with Crippen LogP contribution in [0.2, 0.25) is 0 Å². The summed E-state index contributed by atoms with van der Waals surface area (Å²) in [6.45, 7) is 2.33. The molecule has 0 unspecified atom stereocenters. The van der Waals surface area contributed by atoms with E-state index in [2.05, 4.69) is 17.6 Å². The second-order valence-electron chi connectivity index (χ2n) is 4.41. The fraction of sp³-hybridized carbons (Fsp3) is 0.909. The molecule has 1 amide bonds. The Morgan fingerprint density at radius 2 is 1.94 bits per heavy atom. The van der Waals surface area contributed by atoms with Gasteiger partial charge in [-0.25, -0.2) is 0 Å². The lowest BCUT2D eigenvalue weighted by Crippen LogP contribution is -2.47. The van der Waals surface area contributed by atoms with Gasteiger partial charge in [0, 0.05) is 6.54 Å². The van der Waals surface area contributed by atoms with E-state index in [9.17, 15) is 15.0 Å². The van der Waals surface area contributed by atoms with Crippen LogP contribution in [0.1, 0.15) is 26.2 Å². The van der Waals surface area contributed by atoms with Gasteiger partial charge in [-0.1, -0.05) is 19.8 Å². The monoisotopic (exact) mass is 282 g/mol. The van der Waals surface area contributed by atoms with Gasteiger partial charge in [0.25, 0.3) is 0 Å². The molecule has 1 saturated heterocycles. The third-order valence-corrected chi connectivity index (χ3v) is 3.06. The van der Waals surface area contributed by atoms with E-state index in [4.69, 9.17) is 5.11 Å². The number of nitrogens with one attached hydrogen (secondary N) is 2. The maximum Gasteiger partial charge on any atom is 0.239 e. The second kappa shape index (κ2) is 8.66. The summed E-state index contributed by atoms with van der Waals surface area (Å²) in [6.07, 6.45) is 0.746. The smallest absolute Gasteiger partial charge is 0.239 e. The van der Waals surface area contributed by atoms with Crippen LogP contribution in [-0.4, -0.2) is 58.7 Å². The van der Waals surface area contributed by atoms with E-state index in [1.807, 2.05) is 0 Å². The van der Waals surface area contributed by atoms with Gasteiger partial charge >= 0.3 is 0 Å². The number of rotatable bonds is 6. The summed E-state index contributed by atoms with van der Waals surface area (Å²) in [5, 5.41) is 33.5. The van der Waals surface area contributed by atoms with Crippen molar-refractivity contribution in [3.63, 3.8) is 0 Å². The average molecular weight is 283 g/mol. The van der Waals surface area contributed by atoms with Crippen LogP contribution in [0.25, 0.3) is 0 Å². The highest BCUT2D eigenvalue weighted by atomic mass is 35.5. The Morgan fingerprint density at radius 3 is 2.44 bits per heavy atom. The minimum atomic E-state index is -1.17. The Morgan fingerprint density at radius 1 is 1.28 bits per heavy atom. The van der Waals surface area contributed by atoms with Gasteiger partial charge in [0.15, 0.2) is 0 Å². The highest BCUT2D eigenvalue weighted by Gasteiger charge is 2.43. The van der Waals surface area contributed by atoms with Crippen molar-refractivity contribution in [2.45, 2.75) is 50.5 Å². The number of aliphatic hydroxyl groups excluding tert-OH is 3. The van der Waals surface area contributed by atoms with E-state index < -0.39 is 24.3 Å². The first-order chi connectivity index (χ1) is 8.11. The molecule has 0 radical (unpaired) electrons. The Kier molecular flexibility index (Phi) is 8.47. The highest BCUT2D eigenvalue weighted by Crippen LogP contribution is 2.14. The molecule has 1 fully saturated rings. The standard InChI is InChI=1S/C11H22N2O4.ClH/c1-2-3-4-5-12-11(17)8-10(16)9(15)7(6-14)13-8;/h7-10,13-16H,2-6H2,1H3,(H,12,17);1H/t7-,8-,9-,10-;/m0./s1. The van der Waals surface area contributed by atoms with Crippen molar-refractivity contribution in [3.05, 3.63) is 0 Å². The van der Waals surface area contributed by atoms with Crippen LogP contribution in [-0.2, 0) is 4.79 Å². The first-order valence-electron chi connectivity index (χ1n) is 6.12. The Balaban J connectivity index is 0.00000289. The first kappa shape index (κ1) is 17.6. The molecule has 108 valence electrons. The minimum absolute atomic E-state index is 0.